The molecule has 0 radical (unpaired) electrons. The molecule has 0 bridgehead atoms. The van der Waals surface area contributed by atoms with Crippen molar-refractivity contribution in [3.63, 3.8) is 0 Å². The third-order valence-electron chi connectivity index (χ3n) is 2.44. The summed E-state index contributed by atoms with van der Waals surface area (Å²) >= 11 is 0. The van der Waals surface area contributed by atoms with Gasteiger partial charge in [0.2, 0.25) is 0 Å². The van der Waals surface area contributed by atoms with Crippen molar-refractivity contribution in [2.45, 2.75) is 25.0 Å². The van der Waals surface area contributed by atoms with E-state index in [2.05, 4.69) is 13.2 Å². The fourth-order valence-electron chi connectivity index (χ4n) is 1.60. The number of carbonyl (C=O) groups excluding carboxylic acids is 1. The van der Waals surface area contributed by atoms with E-state index in [0.717, 1.165) is 0 Å². The summed E-state index contributed by atoms with van der Waals surface area (Å²) in [5.74, 6) is 0. The highest BCUT2D eigenvalue weighted by Crippen LogP contribution is 2.18. The van der Waals surface area contributed by atoms with Gasteiger partial charge in [0.1, 0.15) is 6.61 Å². The monoisotopic (exact) mass is 211 g/mol. The average molecular weight is 211 g/mol. The fourth-order valence-corrected chi connectivity index (χ4v) is 1.60. The van der Waals surface area contributed by atoms with Gasteiger partial charge in [0.15, 0.2) is 0 Å². The van der Waals surface area contributed by atoms with E-state index < -0.39 is 6.10 Å². The molecule has 0 unspecified atom stereocenters. The quantitative estimate of drug-likeness (QED) is 0.674. The summed E-state index contributed by atoms with van der Waals surface area (Å²) in [7, 11) is 0. The van der Waals surface area contributed by atoms with Gasteiger partial charge in [-0.1, -0.05) is 12.2 Å². The summed E-state index contributed by atoms with van der Waals surface area (Å²) in [5, 5.41) is 9.77. The van der Waals surface area contributed by atoms with Crippen molar-refractivity contribution >= 4 is 6.09 Å². The Balaban J connectivity index is 2.57. The minimum atomic E-state index is -0.598. The molecule has 4 nitrogen and oxygen atoms in total. The summed E-state index contributed by atoms with van der Waals surface area (Å²) in [6.45, 7) is 7.95. The van der Waals surface area contributed by atoms with Crippen LogP contribution in [0.2, 0.25) is 0 Å². The predicted octanol–water partition coefficient (Wildman–Crippen LogP) is 1.32. The lowest BCUT2D eigenvalue weighted by Crippen LogP contribution is -2.42. The molecule has 1 N–H and O–H groups in total. The Bertz CT molecular complexity index is 252. The third kappa shape index (κ3) is 2.83. The van der Waals surface area contributed by atoms with Crippen LogP contribution in [0.15, 0.2) is 25.3 Å². The summed E-state index contributed by atoms with van der Waals surface area (Å²) in [4.78, 5) is 12.9. The number of carbonyl (C=O) groups is 1. The SMILES string of the molecule is C=CCCN1C(=O)OC[C@H]1[C@H](O)CC=C. The molecule has 4 heteroatoms. The average Bonchev–Trinajstić information content (AvgIpc) is 2.57. The molecule has 84 valence electrons. The maximum absolute atomic E-state index is 11.3. The molecule has 0 spiro atoms. The number of ether oxygens (including phenoxy) is 1. The van der Waals surface area contributed by atoms with Crippen molar-refractivity contribution in [2.75, 3.05) is 13.2 Å². The second-order valence-electron chi connectivity index (χ2n) is 3.51. The number of cyclic esters (lactones) is 1. The topological polar surface area (TPSA) is 49.8 Å². The third-order valence-corrected chi connectivity index (χ3v) is 2.44. The van der Waals surface area contributed by atoms with Crippen LogP contribution < -0.4 is 0 Å². The van der Waals surface area contributed by atoms with Gasteiger partial charge in [0, 0.05) is 6.54 Å². The molecule has 0 aromatic carbocycles. The molecule has 15 heavy (non-hydrogen) atoms. The van der Waals surface area contributed by atoms with Gasteiger partial charge in [-0.05, 0) is 12.8 Å². The molecule has 1 fully saturated rings. The number of aliphatic hydroxyl groups excluding tert-OH is 1. The van der Waals surface area contributed by atoms with Crippen molar-refractivity contribution in [3.05, 3.63) is 25.3 Å². The first-order valence-electron chi connectivity index (χ1n) is 5.04. The molecule has 1 rings (SSSR count). The second-order valence-corrected chi connectivity index (χ2v) is 3.51. The van der Waals surface area contributed by atoms with Crippen LogP contribution in [-0.2, 0) is 4.74 Å². The van der Waals surface area contributed by atoms with Gasteiger partial charge in [-0.2, -0.15) is 0 Å². The number of amides is 1. The Morgan fingerprint density at radius 3 is 2.93 bits per heavy atom. The van der Waals surface area contributed by atoms with Gasteiger partial charge in [-0.3, -0.25) is 4.90 Å². The van der Waals surface area contributed by atoms with E-state index in [0.29, 0.717) is 19.4 Å². The zero-order valence-electron chi connectivity index (χ0n) is 8.76. The summed E-state index contributed by atoms with van der Waals surface area (Å²) in [6, 6.07) is -0.254. The van der Waals surface area contributed by atoms with Crippen LogP contribution in [0.3, 0.4) is 0 Å². The Hall–Kier alpha value is -1.29. The highest BCUT2D eigenvalue weighted by molar-refractivity contribution is 5.70. The van der Waals surface area contributed by atoms with Gasteiger partial charge in [0.25, 0.3) is 0 Å². The lowest BCUT2D eigenvalue weighted by Gasteiger charge is -2.24. The molecule has 1 heterocycles. The van der Waals surface area contributed by atoms with Crippen LogP contribution in [0.25, 0.3) is 0 Å². The largest absolute Gasteiger partial charge is 0.447 e. The predicted molar refractivity (Wildman–Crippen MR) is 57.5 cm³/mol. The van der Waals surface area contributed by atoms with Gasteiger partial charge >= 0.3 is 6.09 Å². The Labute approximate surface area is 89.8 Å². The number of hydrogen-bond donors (Lipinski definition) is 1. The summed E-state index contributed by atoms with van der Waals surface area (Å²) in [6.07, 6.45) is 3.59. The highest BCUT2D eigenvalue weighted by atomic mass is 16.6. The van der Waals surface area contributed by atoms with E-state index in [-0.39, 0.29) is 18.7 Å². The van der Waals surface area contributed by atoms with Crippen molar-refractivity contribution in [3.8, 4) is 0 Å². The van der Waals surface area contributed by atoms with Gasteiger partial charge in [-0.25, -0.2) is 4.79 Å². The van der Waals surface area contributed by atoms with Crippen LogP contribution in [0, 0.1) is 0 Å². The Morgan fingerprint density at radius 2 is 2.33 bits per heavy atom. The summed E-state index contributed by atoms with van der Waals surface area (Å²) < 4.78 is 4.90. The van der Waals surface area contributed by atoms with Gasteiger partial charge < -0.3 is 9.84 Å². The molecule has 0 aromatic heterocycles. The molecule has 0 saturated carbocycles. The standard InChI is InChI=1S/C11H17NO3/c1-3-5-7-12-9(8-15-11(12)14)10(13)6-4-2/h3-4,9-10,13H,1-2,5-8H2/t9-,10+/m0/s1. The molecule has 1 amide bonds. The van der Waals surface area contributed by atoms with Crippen LogP contribution >= 0.6 is 0 Å². The van der Waals surface area contributed by atoms with Crippen molar-refractivity contribution in [1.82, 2.24) is 4.90 Å². The minimum absolute atomic E-state index is 0.254. The first-order chi connectivity index (χ1) is 7.20. The van der Waals surface area contributed by atoms with E-state index in [9.17, 15) is 9.90 Å². The number of nitrogens with zero attached hydrogens (tertiary/aromatic N) is 1. The molecule has 0 aromatic rings. The number of rotatable bonds is 6. The molecule has 2 atom stereocenters. The number of aliphatic hydroxyl groups is 1. The maximum Gasteiger partial charge on any atom is 0.410 e. The zero-order chi connectivity index (χ0) is 11.3. The van der Waals surface area contributed by atoms with E-state index in [4.69, 9.17) is 4.74 Å². The molecule has 1 saturated heterocycles. The minimum Gasteiger partial charge on any atom is -0.447 e. The van der Waals surface area contributed by atoms with Crippen LogP contribution in [-0.4, -0.2) is 41.4 Å². The highest BCUT2D eigenvalue weighted by Gasteiger charge is 2.36. The molecular weight excluding hydrogens is 194 g/mol. The molecule has 1 aliphatic rings. The van der Waals surface area contributed by atoms with Gasteiger partial charge in [0.05, 0.1) is 12.1 Å². The van der Waals surface area contributed by atoms with Gasteiger partial charge in [-0.15, -0.1) is 13.2 Å². The molecule has 0 aliphatic carbocycles. The van der Waals surface area contributed by atoms with E-state index in [1.807, 2.05) is 0 Å². The van der Waals surface area contributed by atoms with Crippen LogP contribution in [0.1, 0.15) is 12.8 Å². The first kappa shape index (κ1) is 11.8. The van der Waals surface area contributed by atoms with E-state index in [1.165, 1.54) is 0 Å². The van der Waals surface area contributed by atoms with E-state index >= 15 is 0 Å². The van der Waals surface area contributed by atoms with E-state index in [1.54, 1.807) is 17.1 Å². The lowest BCUT2D eigenvalue weighted by atomic mass is 10.1. The Morgan fingerprint density at radius 1 is 1.60 bits per heavy atom. The smallest absolute Gasteiger partial charge is 0.410 e. The zero-order valence-corrected chi connectivity index (χ0v) is 8.76. The Kier molecular flexibility index (Phi) is 4.37. The maximum atomic E-state index is 11.3. The normalized spacial score (nSPS) is 22.3. The van der Waals surface area contributed by atoms with Crippen molar-refractivity contribution in [1.29, 1.82) is 0 Å². The number of hydrogen-bond acceptors (Lipinski definition) is 3. The van der Waals surface area contributed by atoms with Crippen molar-refractivity contribution < 1.29 is 14.6 Å². The van der Waals surface area contributed by atoms with Crippen LogP contribution in [0.5, 0.6) is 0 Å². The van der Waals surface area contributed by atoms with Crippen LogP contribution in [0.4, 0.5) is 4.79 Å². The second kappa shape index (κ2) is 5.56. The molecular formula is C11H17NO3. The molecule has 1 aliphatic heterocycles. The first-order valence-corrected chi connectivity index (χ1v) is 5.04. The fraction of sp³-hybridized carbons (Fsp3) is 0.545. The van der Waals surface area contributed by atoms with Crippen molar-refractivity contribution in [2.24, 2.45) is 0 Å². The lowest BCUT2D eigenvalue weighted by molar-refractivity contribution is 0.0891. The summed E-state index contributed by atoms with van der Waals surface area (Å²) in [5.41, 5.74) is 0.